The number of ether oxygens (including phenoxy) is 2. The van der Waals surface area contributed by atoms with E-state index in [1.54, 1.807) is 14.2 Å². The van der Waals surface area contributed by atoms with Crippen LogP contribution >= 0.6 is 21.6 Å². The maximum Gasteiger partial charge on any atom is 0.213 e. The predicted molar refractivity (Wildman–Crippen MR) is 236 cm³/mol. The van der Waals surface area contributed by atoms with Crippen molar-refractivity contribution < 1.29 is 14.0 Å². The molecule has 0 fully saturated rings. The molecule has 0 unspecified atom stereocenters. The molecule has 54 heavy (non-hydrogen) atoms. The van der Waals surface area contributed by atoms with Gasteiger partial charge in [0, 0.05) is 30.0 Å². The lowest BCUT2D eigenvalue weighted by atomic mass is 9.97. The van der Waals surface area contributed by atoms with Gasteiger partial charge in [-0.05, 0) is 92.3 Å². The lowest BCUT2D eigenvalue weighted by molar-refractivity contribution is -0.666. The van der Waals surface area contributed by atoms with Crippen molar-refractivity contribution in [3.05, 3.63) is 180 Å². The van der Waals surface area contributed by atoms with Gasteiger partial charge >= 0.3 is 0 Å². The van der Waals surface area contributed by atoms with Gasteiger partial charge in [0.25, 0.3) is 0 Å². The van der Waals surface area contributed by atoms with Crippen LogP contribution in [-0.4, -0.2) is 38.0 Å². The monoisotopic (exact) mass is 743 g/mol. The number of benzene rings is 5. The summed E-state index contributed by atoms with van der Waals surface area (Å²) in [5.74, 6) is 3.69. The number of aromatic nitrogens is 1. The highest BCUT2D eigenvalue weighted by Crippen LogP contribution is 2.26. The fourth-order valence-electron chi connectivity index (χ4n) is 6.55. The zero-order valence-electron chi connectivity index (χ0n) is 30.7. The SMILES string of the molecule is C=CC(/C=C/c1ccc2cc(OC)ccc2c1)=C1/C=CC=CC1=NCCSSCC[n+]1ccc(/C=C/c2ccc3cc(OC)ccc3c2)c2ccccc21. The van der Waals surface area contributed by atoms with Crippen LogP contribution in [0.1, 0.15) is 16.7 Å². The first-order valence-corrected chi connectivity index (χ1v) is 20.5. The Morgan fingerprint density at radius 2 is 1.35 bits per heavy atom. The molecule has 6 heteroatoms. The van der Waals surface area contributed by atoms with Crippen molar-refractivity contribution >= 4 is 78.0 Å². The molecule has 0 bridgehead atoms. The van der Waals surface area contributed by atoms with E-state index in [4.69, 9.17) is 14.5 Å². The molecule has 1 heterocycles. The molecule has 0 aliphatic heterocycles. The molecular formula is C48H43N2O2S2+. The first-order valence-electron chi connectivity index (χ1n) is 18.1. The molecule has 0 saturated heterocycles. The third-order valence-corrected chi connectivity index (χ3v) is 11.8. The van der Waals surface area contributed by atoms with Crippen LogP contribution in [0.15, 0.2) is 168 Å². The van der Waals surface area contributed by atoms with Gasteiger partial charge in [0.1, 0.15) is 11.5 Å². The third-order valence-electron chi connectivity index (χ3n) is 9.40. The Hall–Kier alpha value is -5.56. The van der Waals surface area contributed by atoms with Crippen molar-refractivity contribution in [2.24, 2.45) is 4.99 Å². The zero-order valence-corrected chi connectivity index (χ0v) is 32.3. The molecular weight excluding hydrogens is 701 g/mol. The number of rotatable bonds is 14. The molecule has 0 N–H and O–H groups in total. The molecule has 5 aromatic carbocycles. The van der Waals surface area contributed by atoms with Gasteiger partial charge in [0.15, 0.2) is 12.7 Å². The van der Waals surface area contributed by atoms with Crippen LogP contribution in [0, 0.1) is 0 Å². The number of nitrogens with zero attached hydrogens (tertiary/aromatic N) is 2. The fraction of sp³-hybridized carbons (Fsp3) is 0.125. The molecule has 0 amide bonds. The predicted octanol–water partition coefficient (Wildman–Crippen LogP) is 11.8. The number of aliphatic imine (C=N–C) groups is 1. The van der Waals surface area contributed by atoms with Crippen LogP contribution in [0.4, 0.5) is 0 Å². The minimum absolute atomic E-state index is 0.749. The van der Waals surface area contributed by atoms with E-state index in [0.29, 0.717) is 0 Å². The lowest BCUT2D eigenvalue weighted by Gasteiger charge is -2.10. The third kappa shape index (κ3) is 8.96. The Morgan fingerprint density at radius 1 is 0.704 bits per heavy atom. The average Bonchev–Trinajstić information content (AvgIpc) is 3.22. The molecule has 268 valence electrons. The first-order chi connectivity index (χ1) is 26.6. The summed E-state index contributed by atoms with van der Waals surface area (Å²) in [6, 6.07) is 36.2. The van der Waals surface area contributed by atoms with Crippen LogP contribution < -0.4 is 14.0 Å². The van der Waals surface area contributed by atoms with Gasteiger partial charge in [0.05, 0.1) is 31.1 Å². The van der Waals surface area contributed by atoms with E-state index >= 15 is 0 Å². The van der Waals surface area contributed by atoms with Crippen LogP contribution in [0.2, 0.25) is 0 Å². The maximum absolute atomic E-state index is 5.38. The molecule has 0 radical (unpaired) electrons. The summed E-state index contributed by atoms with van der Waals surface area (Å²) in [6.07, 6.45) is 21.1. The highest BCUT2D eigenvalue weighted by Gasteiger charge is 2.12. The quantitative estimate of drug-likeness (QED) is 0.0632. The van der Waals surface area contributed by atoms with Crippen molar-refractivity contribution in [2.45, 2.75) is 6.54 Å². The average molecular weight is 744 g/mol. The Morgan fingerprint density at radius 3 is 2.07 bits per heavy atom. The number of para-hydroxylation sites is 1. The van der Waals surface area contributed by atoms with E-state index in [0.717, 1.165) is 63.9 Å². The minimum atomic E-state index is 0.749. The second-order valence-electron chi connectivity index (χ2n) is 12.8. The van der Waals surface area contributed by atoms with Crippen LogP contribution in [0.25, 0.3) is 50.7 Å². The number of fused-ring (bicyclic) bond motifs is 3. The van der Waals surface area contributed by atoms with Crippen molar-refractivity contribution in [3.8, 4) is 11.5 Å². The van der Waals surface area contributed by atoms with E-state index < -0.39 is 0 Å². The van der Waals surface area contributed by atoms with Crippen LogP contribution in [0.3, 0.4) is 0 Å². The number of hydrogen-bond acceptors (Lipinski definition) is 5. The zero-order chi connectivity index (χ0) is 37.1. The molecule has 0 saturated carbocycles. The summed E-state index contributed by atoms with van der Waals surface area (Å²) in [5, 5.41) is 5.96. The summed E-state index contributed by atoms with van der Waals surface area (Å²) >= 11 is 0. The van der Waals surface area contributed by atoms with Gasteiger partial charge < -0.3 is 9.47 Å². The molecule has 1 aromatic heterocycles. The topological polar surface area (TPSA) is 34.7 Å². The summed E-state index contributed by atoms with van der Waals surface area (Å²) in [6.45, 7) is 5.80. The molecule has 6 aromatic rings. The van der Waals surface area contributed by atoms with E-state index in [1.807, 2.05) is 39.8 Å². The highest BCUT2D eigenvalue weighted by atomic mass is 33.1. The van der Waals surface area contributed by atoms with Gasteiger partial charge in [0.2, 0.25) is 5.52 Å². The Balaban J connectivity index is 0.936. The van der Waals surface area contributed by atoms with E-state index in [-0.39, 0.29) is 0 Å². The van der Waals surface area contributed by atoms with Crippen molar-refractivity contribution in [1.29, 1.82) is 0 Å². The Labute approximate surface area is 326 Å². The number of allylic oxidation sites excluding steroid dienone is 8. The second-order valence-corrected chi connectivity index (χ2v) is 15.5. The molecule has 4 nitrogen and oxygen atoms in total. The van der Waals surface area contributed by atoms with Crippen molar-refractivity contribution in [3.63, 3.8) is 0 Å². The second kappa shape index (κ2) is 18.0. The largest absolute Gasteiger partial charge is 0.497 e. The standard InChI is InChI=1S/C48H43N2O2S2/c1-4-37(17-13-35-15-19-41-33-43(51-2)23-21-39(41)31-35)45-9-5-7-11-47(45)49-26-29-53-54-30-28-50-27-25-38(46-10-6-8-12-48(46)50)18-14-36-16-20-42-34-44(52-3)24-22-40(42)32-36/h4-25,27,31-34H,1,26,28-30H2,2-3H3/q+1/b17-13+,18-14+,45-37+,49-47?. The summed E-state index contributed by atoms with van der Waals surface area (Å²) in [4.78, 5) is 4.99. The summed E-state index contributed by atoms with van der Waals surface area (Å²) in [7, 11) is 7.19. The normalized spacial score (nSPS) is 14.6. The molecule has 0 spiro atoms. The Bertz CT molecular complexity index is 2510. The van der Waals surface area contributed by atoms with Gasteiger partial charge in [-0.3, -0.25) is 4.99 Å². The molecule has 7 rings (SSSR count). The smallest absolute Gasteiger partial charge is 0.213 e. The van der Waals surface area contributed by atoms with E-state index in [1.165, 1.54) is 38.2 Å². The lowest BCUT2D eigenvalue weighted by Crippen LogP contribution is -2.35. The molecule has 1 aliphatic carbocycles. The first kappa shape index (κ1) is 36.8. The van der Waals surface area contributed by atoms with Gasteiger partial charge in [-0.2, -0.15) is 4.57 Å². The van der Waals surface area contributed by atoms with Crippen molar-refractivity contribution in [1.82, 2.24) is 0 Å². The van der Waals surface area contributed by atoms with Crippen molar-refractivity contribution in [2.75, 3.05) is 32.3 Å². The summed E-state index contributed by atoms with van der Waals surface area (Å²) < 4.78 is 13.1. The number of pyridine rings is 1. The molecule has 0 atom stereocenters. The maximum atomic E-state index is 5.38. The highest BCUT2D eigenvalue weighted by molar-refractivity contribution is 8.76. The van der Waals surface area contributed by atoms with E-state index in [9.17, 15) is 0 Å². The summed E-state index contributed by atoms with van der Waals surface area (Å²) in [5.41, 5.74) is 7.89. The number of hydrogen-bond donors (Lipinski definition) is 0. The van der Waals surface area contributed by atoms with Gasteiger partial charge in [-0.15, -0.1) is 0 Å². The number of methoxy groups -OCH3 is 2. The van der Waals surface area contributed by atoms with Gasteiger partial charge in [-0.1, -0.05) is 125 Å². The molecule has 1 aliphatic rings. The van der Waals surface area contributed by atoms with E-state index in [2.05, 4.69) is 157 Å². The minimum Gasteiger partial charge on any atom is -0.497 e. The van der Waals surface area contributed by atoms with Crippen LogP contribution in [0.5, 0.6) is 11.5 Å². The fourth-order valence-corrected chi connectivity index (χ4v) is 8.37. The van der Waals surface area contributed by atoms with Gasteiger partial charge in [-0.25, -0.2) is 0 Å². The van der Waals surface area contributed by atoms with Crippen LogP contribution in [-0.2, 0) is 6.54 Å². The number of aryl methyl sites for hydroxylation is 1. The Kier molecular flexibility index (Phi) is 12.2.